The van der Waals surface area contributed by atoms with Gasteiger partial charge in [-0.2, -0.15) is 26.3 Å². The molecule has 0 amide bonds. The predicted molar refractivity (Wildman–Crippen MR) is 126 cm³/mol. The number of alkyl halides is 6. The fraction of sp³-hybridized carbons (Fsp3) is 0.192. The molecule has 0 radical (unpaired) electrons. The minimum atomic E-state index is -4.48. The summed E-state index contributed by atoms with van der Waals surface area (Å²) in [5, 5.41) is 0. The molecule has 0 unspecified atom stereocenters. The molecule has 3 aromatic carbocycles. The van der Waals surface area contributed by atoms with Crippen LogP contribution in [0.4, 0.5) is 26.3 Å². The zero-order chi connectivity index (χ0) is 25.5. The van der Waals surface area contributed by atoms with Gasteiger partial charge in [0.15, 0.2) is 0 Å². The predicted octanol–water partition coefficient (Wildman–Crippen LogP) is 6.91. The van der Waals surface area contributed by atoms with E-state index in [1.54, 1.807) is 14.0 Å². The van der Waals surface area contributed by atoms with E-state index < -0.39 is 29.4 Å². The first-order valence-electron chi connectivity index (χ1n) is 10.9. The third-order valence-corrected chi connectivity index (χ3v) is 5.41. The number of nitrogens with one attached hydrogen (secondary N) is 1. The summed E-state index contributed by atoms with van der Waals surface area (Å²) in [5.41, 5.74) is 0.372. The van der Waals surface area contributed by atoms with Gasteiger partial charge < -0.3 is 4.98 Å². The average Bonchev–Trinajstić information content (AvgIpc) is 3.33. The molecule has 182 valence electrons. The maximum atomic E-state index is 12.8. The van der Waals surface area contributed by atoms with E-state index in [0.29, 0.717) is 17.4 Å². The molecule has 0 aliphatic heterocycles. The minimum absolute atomic E-state index is 0.349. The fourth-order valence-electron chi connectivity index (χ4n) is 3.71. The summed E-state index contributed by atoms with van der Waals surface area (Å²) in [6, 6.07) is 19.7. The van der Waals surface area contributed by atoms with Crippen molar-refractivity contribution in [1.29, 1.82) is 0 Å². The molecular weight excluding hydrogens is 465 g/mol. The summed E-state index contributed by atoms with van der Waals surface area (Å²) in [6.07, 6.45) is -4.07. The number of benzene rings is 3. The molecule has 0 aliphatic carbocycles. The normalized spacial score (nSPS) is 11.7. The Kier molecular flexibility index (Phi) is 8.43. The van der Waals surface area contributed by atoms with Gasteiger partial charge in [-0.15, -0.1) is 0 Å². The van der Waals surface area contributed by atoms with Gasteiger partial charge in [-0.25, -0.2) is 4.98 Å². The summed E-state index contributed by atoms with van der Waals surface area (Å²) in [7, 11) is 1.73. The van der Waals surface area contributed by atoms with Gasteiger partial charge in [-0.1, -0.05) is 73.1 Å². The number of imidazole rings is 1. The quantitative estimate of drug-likeness (QED) is 0.240. The van der Waals surface area contributed by atoms with Crippen LogP contribution in [0, 0.1) is 0 Å². The topological polar surface area (TPSA) is 28.7 Å². The van der Waals surface area contributed by atoms with Crippen LogP contribution in [0.15, 0.2) is 91.3 Å². The molecule has 0 spiro atoms. The maximum Gasteiger partial charge on any atom is 0.416 e. The van der Waals surface area contributed by atoms with Crippen LogP contribution in [0.2, 0.25) is 6.32 Å². The number of hydrogen-bond donors (Lipinski definition) is 1. The van der Waals surface area contributed by atoms with Crippen LogP contribution < -0.4 is 0 Å². The molecule has 1 aromatic heterocycles. The molecule has 9 heteroatoms. The van der Waals surface area contributed by atoms with Crippen molar-refractivity contribution in [3.8, 4) is 0 Å². The molecule has 4 aromatic rings. The third-order valence-electron chi connectivity index (χ3n) is 5.41. The van der Waals surface area contributed by atoms with E-state index in [4.69, 9.17) is 0 Å². The molecule has 1 heterocycles. The highest BCUT2D eigenvalue weighted by Gasteiger charge is 2.32. The fourth-order valence-corrected chi connectivity index (χ4v) is 3.71. The summed E-state index contributed by atoms with van der Waals surface area (Å²) in [6.45, 7) is 0. The second-order valence-electron chi connectivity index (χ2n) is 7.91. The molecule has 0 atom stereocenters. The van der Waals surface area contributed by atoms with Gasteiger partial charge in [-0.05, 0) is 28.8 Å². The van der Waals surface area contributed by atoms with E-state index >= 15 is 0 Å². The Morgan fingerprint density at radius 3 is 1.71 bits per heavy atom. The molecule has 2 nitrogen and oxygen atoms in total. The van der Waals surface area contributed by atoms with Crippen molar-refractivity contribution in [2.45, 2.75) is 31.0 Å². The molecule has 0 fully saturated rings. The summed E-state index contributed by atoms with van der Waals surface area (Å²) in [5.74, 6) is 0.487. The van der Waals surface area contributed by atoms with Gasteiger partial charge in [0.05, 0.1) is 11.1 Å². The smallest absolute Gasteiger partial charge is 0.348 e. The standard InChI is InChI=1S/C16H13BF6.C10H10N2/c17-9-14(10-3-1-5-12(7-10)15(18,19)20)11-4-2-6-13(8-11)16(21,22)23;1-2-4-9(5-3-1)8-10-11-6-7-12-10/h1-8,14H,9,17H2;1-7H,8H2,(H,11,12). The minimum Gasteiger partial charge on any atom is -0.348 e. The van der Waals surface area contributed by atoms with Crippen LogP contribution in [0.1, 0.15) is 39.6 Å². The zero-order valence-electron chi connectivity index (χ0n) is 18.9. The van der Waals surface area contributed by atoms with Gasteiger partial charge in [0.25, 0.3) is 0 Å². The highest BCUT2D eigenvalue weighted by molar-refractivity contribution is 6.09. The second kappa shape index (κ2) is 11.3. The van der Waals surface area contributed by atoms with Crippen molar-refractivity contribution in [3.63, 3.8) is 0 Å². The second-order valence-corrected chi connectivity index (χ2v) is 7.91. The van der Waals surface area contributed by atoms with Crippen molar-refractivity contribution < 1.29 is 26.3 Å². The van der Waals surface area contributed by atoms with Crippen LogP contribution in [0.25, 0.3) is 0 Å². The molecule has 4 rings (SSSR count). The highest BCUT2D eigenvalue weighted by Crippen LogP contribution is 2.36. The van der Waals surface area contributed by atoms with Crippen LogP contribution in [0.5, 0.6) is 0 Å². The Balaban J connectivity index is 0.000000237. The number of H-pyrrole nitrogens is 1. The van der Waals surface area contributed by atoms with Crippen molar-refractivity contribution in [3.05, 3.63) is 125 Å². The lowest BCUT2D eigenvalue weighted by Gasteiger charge is -2.19. The van der Waals surface area contributed by atoms with Gasteiger partial charge in [0, 0.05) is 24.7 Å². The molecule has 0 aliphatic rings. The van der Waals surface area contributed by atoms with Crippen LogP contribution in [-0.4, -0.2) is 17.8 Å². The first kappa shape index (κ1) is 26.1. The highest BCUT2D eigenvalue weighted by atomic mass is 19.4. The van der Waals surface area contributed by atoms with Crippen LogP contribution in [-0.2, 0) is 18.8 Å². The Morgan fingerprint density at radius 2 is 1.29 bits per heavy atom. The largest absolute Gasteiger partial charge is 0.416 e. The van der Waals surface area contributed by atoms with Gasteiger partial charge in [-0.3, -0.25) is 0 Å². The molecule has 0 bridgehead atoms. The Morgan fingerprint density at radius 1 is 0.743 bits per heavy atom. The Bertz CT molecular complexity index is 1130. The van der Waals surface area contributed by atoms with E-state index in [-0.39, 0.29) is 0 Å². The molecule has 0 saturated carbocycles. The van der Waals surface area contributed by atoms with E-state index in [2.05, 4.69) is 22.1 Å². The van der Waals surface area contributed by atoms with Gasteiger partial charge >= 0.3 is 12.4 Å². The summed E-state index contributed by atoms with van der Waals surface area (Å²) >= 11 is 0. The number of halogens is 6. The molecular formula is C26H23BF6N2. The number of rotatable bonds is 5. The van der Waals surface area contributed by atoms with Crippen molar-refractivity contribution in [2.24, 2.45) is 0 Å². The number of aromatic amines is 1. The molecule has 35 heavy (non-hydrogen) atoms. The van der Waals surface area contributed by atoms with Gasteiger partial charge in [0.2, 0.25) is 0 Å². The number of aromatic nitrogens is 2. The van der Waals surface area contributed by atoms with E-state index in [1.807, 2.05) is 24.4 Å². The van der Waals surface area contributed by atoms with E-state index in [9.17, 15) is 26.3 Å². The number of hydrogen-bond acceptors (Lipinski definition) is 1. The lowest BCUT2D eigenvalue weighted by Crippen LogP contribution is -2.09. The first-order chi connectivity index (χ1) is 16.6. The van der Waals surface area contributed by atoms with Crippen LogP contribution in [0.3, 0.4) is 0 Å². The summed E-state index contributed by atoms with van der Waals surface area (Å²) in [4.78, 5) is 7.23. The van der Waals surface area contributed by atoms with Gasteiger partial charge in [0.1, 0.15) is 13.7 Å². The van der Waals surface area contributed by atoms with Crippen LogP contribution >= 0.6 is 0 Å². The maximum absolute atomic E-state index is 12.8. The first-order valence-corrected chi connectivity index (χ1v) is 10.9. The third kappa shape index (κ3) is 7.50. The number of nitrogens with zero attached hydrogens (tertiary/aromatic N) is 1. The Labute approximate surface area is 200 Å². The van der Waals surface area contributed by atoms with E-state index in [0.717, 1.165) is 36.5 Å². The monoisotopic (exact) mass is 488 g/mol. The molecule has 0 saturated heterocycles. The Hall–Kier alpha value is -3.49. The van der Waals surface area contributed by atoms with E-state index in [1.165, 1.54) is 29.8 Å². The van der Waals surface area contributed by atoms with Crippen molar-refractivity contribution in [2.75, 3.05) is 0 Å². The lowest BCUT2D eigenvalue weighted by molar-refractivity contribution is -0.138. The summed E-state index contributed by atoms with van der Waals surface area (Å²) < 4.78 is 76.9. The van der Waals surface area contributed by atoms with Crippen molar-refractivity contribution in [1.82, 2.24) is 9.97 Å². The van der Waals surface area contributed by atoms with Crippen molar-refractivity contribution >= 4 is 7.85 Å². The SMILES string of the molecule is BCC(c1cccc(C(F)(F)F)c1)c1cccc(C(F)(F)F)c1.c1ccc(Cc2ncc[nH]2)cc1. The zero-order valence-corrected chi connectivity index (χ0v) is 18.9. The lowest BCUT2D eigenvalue weighted by atomic mass is 9.80. The molecule has 1 N–H and O–H groups in total. The average molecular weight is 488 g/mol.